The maximum atomic E-state index is 14.6. The van der Waals surface area contributed by atoms with Crippen LogP contribution in [-0.2, 0) is 38.1 Å². The fourth-order valence-corrected chi connectivity index (χ4v) is 24.1. The number of nitrogens with one attached hydrogen (secondary N) is 1. The Morgan fingerprint density at radius 2 is 0.918 bits per heavy atom. The van der Waals surface area contributed by atoms with Gasteiger partial charge in [0.2, 0.25) is 0 Å². The van der Waals surface area contributed by atoms with Crippen molar-refractivity contribution >= 4 is 69.7 Å². The standard InChI is InChI=1S/C36H56N2O5.C31H49NO3.C6H15N.C5H8ClNO2.CH2Cl2/c1-31(2)26-9-12-36(7)28(34(26,5)11-10-27(31)37-30(41)38-17-19-43-20-18-38)25(39)21-23-24-22-33(4,29(40)42-8)14-13-32(24,3)15-16-35(23,36)6;1-26(2)22-9-12-31(7)24(29(22,5)11-10-23(26)32)21(33)17-19-20-18-28(4,25(34)35-8)14-13-27(20,3)15-16-30(19,31)6;1-4-7(5-2)6-3;6-5(8)7-1-3-9-4-2-7;2-1-3/h21,24,26-28H,9-20,22H2,1-8H3,(H,37,41);17,20,22-24H,9-16,18,32H2,1-8H3;4-6H2,1-3H3;1-4H2;1H2/t24-,26+,27?,28-,32-,33+,34+,35-,36-;20-,22+,23?,24-,27-,28+,29+,30-,31-;;;/m11.../s1. The number of nitrogens with two attached hydrogens (primary N) is 1. The molecule has 0 aromatic heterocycles. The Morgan fingerprint density at radius 1 is 0.546 bits per heavy atom. The largest absolute Gasteiger partial charge is 0.469 e. The third-order valence-corrected chi connectivity index (χ3v) is 31.1. The van der Waals surface area contributed by atoms with Gasteiger partial charge in [0.15, 0.2) is 11.6 Å². The number of carbonyl (C=O) groups is 6. The second-order valence-electron chi connectivity index (χ2n) is 36.0. The first-order valence-electron chi connectivity index (χ1n) is 37.7. The van der Waals surface area contributed by atoms with Gasteiger partial charge in [0.05, 0.1) is 56.8 Å². The summed E-state index contributed by atoms with van der Waals surface area (Å²) in [6.07, 6.45) is 22.3. The summed E-state index contributed by atoms with van der Waals surface area (Å²) in [5, 5.41) is 3.25. The van der Waals surface area contributed by atoms with Crippen LogP contribution in [0.3, 0.4) is 0 Å². The molecule has 2 unspecified atom stereocenters. The van der Waals surface area contributed by atoms with Crippen LogP contribution < -0.4 is 11.1 Å². The Balaban J connectivity index is 0.000000197. The van der Waals surface area contributed by atoms with Crippen molar-refractivity contribution in [1.29, 1.82) is 0 Å². The summed E-state index contributed by atoms with van der Waals surface area (Å²) in [5.41, 5.74) is 8.14. The predicted octanol–water partition coefficient (Wildman–Crippen LogP) is 16.5. The number of halogens is 3. The SMILES string of the molecule is CCN(CC)CC.COC(=O)[C@@]1(C)CC[C@]2(C)CC[C@]3(C)C(=CC(=O)[C@@H]4[C@@]5(C)CCC(N)C(C)(C)[C@@H]5CC[C@]43C)[C@H]2C1.COC(=O)[C@@]1(C)CC[C@]2(C)CC[C@]3(C)C(=CC(=O)[C@@H]4[C@@]5(C)CCC(NC(=O)N6CCOCC6)C(C)(C)[C@@H]5CC[C@]43C)[C@H]2C1.ClCCl.O=C(Cl)N1CCOCC1. The van der Waals surface area contributed by atoms with Crippen LogP contribution in [0.2, 0.25) is 0 Å². The molecule has 18 heteroatoms. The summed E-state index contributed by atoms with van der Waals surface area (Å²) in [6.45, 7) is 48.1. The maximum absolute atomic E-state index is 14.6. The molecule has 552 valence electrons. The Hall–Kier alpha value is -2.79. The topological polar surface area (TPSA) is 187 Å². The third-order valence-electron chi connectivity index (χ3n) is 30.8. The van der Waals surface area contributed by atoms with Gasteiger partial charge in [-0.2, -0.15) is 0 Å². The lowest BCUT2D eigenvalue weighted by atomic mass is 9.33. The number of methoxy groups -OCH3 is 2. The van der Waals surface area contributed by atoms with Crippen molar-refractivity contribution in [3.8, 4) is 0 Å². The number of nitrogens with zero attached hydrogens (tertiary/aromatic N) is 3. The summed E-state index contributed by atoms with van der Waals surface area (Å²) >= 11 is 14.7. The van der Waals surface area contributed by atoms with Crippen LogP contribution >= 0.6 is 34.8 Å². The van der Waals surface area contributed by atoms with Gasteiger partial charge in [0, 0.05) is 50.1 Å². The van der Waals surface area contributed by atoms with Gasteiger partial charge in [-0.3, -0.25) is 24.0 Å². The molecule has 0 aromatic rings. The highest BCUT2D eigenvalue weighted by Crippen LogP contribution is 2.77. The van der Waals surface area contributed by atoms with Gasteiger partial charge in [-0.25, -0.2) is 4.79 Å². The molecule has 97 heavy (non-hydrogen) atoms. The number of allylic oxidation sites excluding steroid dienone is 4. The monoisotopic (exact) mass is 1410 g/mol. The smallest absolute Gasteiger partial charge is 0.317 e. The van der Waals surface area contributed by atoms with E-state index < -0.39 is 10.8 Å². The van der Waals surface area contributed by atoms with E-state index in [1.165, 1.54) is 51.4 Å². The average Bonchev–Trinajstić information content (AvgIpc) is 0.680. The third kappa shape index (κ3) is 14.0. The first-order valence-corrected chi connectivity index (χ1v) is 39.1. The Bertz CT molecular complexity index is 2940. The van der Waals surface area contributed by atoms with E-state index in [0.717, 1.165) is 109 Å². The first-order chi connectivity index (χ1) is 45.2. The molecule has 15 nitrogen and oxygen atoms in total. The van der Waals surface area contributed by atoms with Gasteiger partial charge in [0.25, 0.3) is 0 Å². The van der Waals surface area contributed by atoms with Crippen LogP contribution in [-0.4, -0.2) is 153 Å². The zero-order valence-corrected chi connectivity index (χ0v) is 65.9. The molecule has 0 aromatic carbocycles. The normalized spacial score (nSPS) is 42.8. The van der Waals surface area contributed by atoms with E-state index in [1.807, 2.05) is 4.90 Å². The molecule has 10 fully saturated rings. The van der Waals surface area contributed by atoms with Crippen molar-refractivity contribution in [3.63, 3.8) is 0 Å². The molecule has 18 atom stereocenters. The molecule has 0 bridgehead atoms. The van der Waals surface area contributed by atoms with Crippen LogP contribution in [0.1, 0.15) is 233 Å². The second-order valence-corrected chi connectivity index (χ2v) is 37.1. The van der Waals surface area contributed by atoms with Crippen molar-refractivity contribution in [2.24, 2.45) is 106 Å². The molecule has 2 aliphatic heterocycles. The van der Waals surface area contributed by atoms with Crippen molar-refractivity contribution in [2.75, 3.05) is 91.8 Å². The molecule has 3 amide bonds. The number of esters is 2. The molecule has 2 saturated heterocycles. The van der Waals surface area contributed by atoms with E-state index in [9.17, 15) is 28.8 Å². The van der Waals surface area contributed by atoms with Gasteiger partial charge in [-0.05, 0) is 251 Å². The number of amides is 3. The van der Waals surface area contributed by atoms with E-state index >= 15 is 0 Å². The average molecular weight is 1420 g/mol. The molecule has 8 saturated carbocycles. The summed E-state index contributed by atoms with van der Waals surface area (Å²) in [7, 11) is 3.02. The molecule has 12 aliphatic rings. The molecular weight excluding hydrogens is 1290 g/mol. The van der Waals surface area contributed by atoms with Crippen LogP contribution in [0, 0.1) is 100 Å². The van der Waals surface area contributed by atoms with Crippen LogP contribution in [0.15, 0.2) is 23.3 Å². The maximum Gasteiger partial charge on any atom is 0.317 e. The number of alkyl halides is 2. The van der Waals surface area contributed by atoms with Gasteiger partial charge >= 0.3 is 23.3 Å². The number of ketones is 2. The number of carbonyl (C=O) groups excluding carboxylic acids is 6. The number of fused-ring (bicyclic) bond motifs is 14. The molecular formula is C79H130Cl3N5O10. The van der Waals surface area contributed by atoms with Crippen molar-refractivity contribution < 1.29 is 47.7 Å². The Kier molecular flexibility index (Phi) is 24.5. The number of hydrogen-bond acceptors (Lipinski definition) is 12. The van der Waals surface area contributed by atoms with Gasteiger partial charge in [-0.15, -0.1) is 23.2 Å². The second kappa shape index (κ2) is 29.8. The molecule has 0 radical (unpaired) electrons. The van der Waals surface area contributed by atoms with Gasteiger partial charge < -0.3 is 44.7 Å². The zero-order chi connectivity index (χ0) is 72.1. The number of hydrogen-bond donors (Lipinski definition) is 2. The van der Waals surface area contributed by atoms with E-state index in [-0.39, 0.29) is 119 Å². The molecule has 0 spiro atoms. The lowest BCUT2D eigenvalue weighted by Gasteiger charge is -2.70. The number of ether oxygens (including phenoxy) is 4. The first kappa shape index (κ1) is 79.9. The minimum Gasteiger partial charge on any atom is -0.469 e. The minimum absolute atomic E-state index is 0.0116. The van der Waals surface area contributed by atoms with Crippen LogP contribution in [0.25, 0.3) is 0 Å². The summed E-state index contributed by atoms with van der Waals surface area (Å²) in [5.74, 6) is 1.78. The summed E-state index contributed by atoms with van der Waals surface area (Å²) in [4.78, 5) is 84.2. The number of morpholine rings is 2. The molecule has 3 N–H and O–H groups in total. The van der Waals surface area contributed by atoms with Gasteiger partial charge in [-0.1, -0.05) is 115 Å². The van der Waals surface area contributed by atoms with Crippen LogP contribution in [0.5, 0.6) is 0 Å². The summed E-state index contributed by atoms with van der Waals surface area (Å²) in [6, 6.07) is 0.314. The van der Waals surface area contributed by atoms with Crippen LogP contribution in [0.4, 0.5) is 9.59 Å². The summed E-state index contributed by atoms with van der Waals surface area (Å²) < 4.78 is 21.0. The minimum atomic E-state index is -0.503. The number of rotatable bonds is 6. The van der Waals surface area contributed by atoms with Crippen molar-refractivity contribution in [3.05, 3.63) is 23.3 Å². The zero-order valence-electron chi connectivity index (χ0n) is 63.6. The highest BCUT2D eigenvalue weighted by atomic mass is 35.5. The highest BCUT2D eigenvalue weighted by molar-refractivity contribution is 6.62. The van der Waals surface area contributed by atoms with E-state index in [1.54, 1.807) is 4.90 Å². The van der Waals surface area contributed by atoms with E-state index in [0.29, 0.717) is 76.0 Å². The Morgan fingerprint density at radius 3 is 1.28 bits per heavy atom. The van der Waals surface area contributed by atoms with E-state index in [4.69, 9.17) is 59.5 Å². The fourth-order valence-electron chi connectivity index (χ4n) is 23.9. The lowest BCUT2D eigenvalue weighted by Crippen LogP contribution is -2.68. The predicted molar refractivity (Wildman–Crippen MR) is 389 cm³/mol. The molecule has 2 heterocycles. The quantitative estimate of drug-likeness (QED) is 0.111. The Labute approximate surface area is 600 Å². The highest BCUT2D eigenvalue weighted by Gasteiger charge is 2.73. The fraction of sp³-hybridized carbons (Fsp3) is 0.873. The number of urea groups is 1. The van der Waals surface area contributed by atoms with E-state index in [2.05, 4.69) is 140 Å². The molecule has 10 aliphatic carbocycles. The lowest BCUT2D eigenvalue weighted by molar-refractivity contribution is -0.189. The van der Waals surface area contributed by atoms with Crippen molar-refractivity contribution in [1.82, 2.24) is 20.0 Å². The van der Waals surface area contributed by atoms with Crippen molar-refractivity contribution in [2.45, 2.75) is 245 Å². The molecule has 12 rings (SSSR count). The van der Waals surface area contributed by atoms with Gasteiger partial charge in [0.1, 0.15) is 0 Å².